The van der Waals surface area contributed by atoms with Crippen molar-refractivity contribution >= 4 is 23.4 Å². The van der Waals surface area contributed by atoms with Crippen LogP contribution in [-0.2, 0) is 5.75 Å². The highest BCUT2D eigenvalue weighted by molar-refractivity contribution is 7.98. The van der Waals surface area contributed by atoms with E-state index in [9.17, 15) is 0 Å². The molecule has 0 unspecified atom stereocenters. The molecular formula is C14H12ClN5OS. The second kappa shape index (κ2) is 6.76. The number of hydrogen-bond donors (Lipinski definition) is 0. The van der Waals surface area contributed by atoms with Crippen molar-refractivity contribution in [2.24, 2.45) is 0 Å². The van der Waals surface area contributed by atoms with Crippen molar-refractivity contribution in [3.8, 4) is 11.4 Å². The van der Waals surface area contributed by atoms with Crippen LogP contribution in [0.25, 0.3) is 5.69 Å². The number of nitrogens with zero attached hydrogens (tertiary/aromatic N) is 5. The predicted molar refractivity (Wildman–Crippen MR) is 84.5 cm³/mol. The minimum Gasteiger partial charge on any atom is -0.497 e. The van der Waals surface area contributed by atoms with Crippen LogP contribution in [0.3, 0.4) is 0 Å². The maximum atomic E-state index is 5.78. The fraction of sp³-hybridized carbons (Fsp3) is 0.143. The summed E-state index contributed by atoms with van der Waals surface area (Å²) in [6.07, 6.45) is 1.75. The van der Waals surface area contributed by atoms with Crippen molar-refractivity contribution in [3.63, 3.8) is 0 Å². The molecule has 0 aliphatic heterocycles. The molecule has 0 saturated heterocycles. The van der Waals surface area contributed by atoms with E-state index in [1.807, 2.05) is 30.3 Å². The average Bonchev–Trinajstić information content (AvgIpc) is 3.03. The summed E-state index contributed by atoms with van der Waals surface area (Å²) in [5.74, 6) is 1.50. The molecule has 0 fully saturated rings. The molecule has 6 nitrogen and oxygen atoms in total. The monoisotopic (exact) mass is 333 g/mol. The van der Waals surface area contributed by atoms with E-state index in [0.717, 1.165) is 17.0 Å². The van der Waals surface area contributed by atoms with Gasteiger partial charge in [0, 0.05) is 11.9 Å². The number of aromatic nitrogens is 5. The van der Waals surface area contributed by atoms with E-state index in [0.29, 0.717) is 16.1 Å². The molecule has 0 aliphatic carbocycles. The number of tetrazole rings is 1. The Hall–Kier alpha value is -2.12. The number of hydrogen-bond acceptors (Lipinski definition) is 6. The van der Waals surface area contributed by atoms with Gasteiger partial charge >= 0.3 is 0 Å². The van der Waals surface area contributed by atoms with Crippen LogP contribution < -0.4 is 4.74 Å². The van der Waals surface area contributed by atoms with Gasteiger partial charge in [-0.15, -0.1) is 5.10 Å². The normalized spacial score (nSPS) is 10.6. The molecule has 2 heterocycles. The Balaban J connectivity index is 1.75. The van der Waals surface area contributed by atoms with Crippen LogP contribution in [0, 0.1) is 0 Å². The third-order valence-electron chi connectivity index (χ3n) is 2.91. The lowest BCUT2D eigenvalue weighted by Gasteiger charge is -2.05. The lowest BCUT2D eigenvalue weighted by atomic mass is 10.3. The summed E-state index contributed by atoms with van der Waals surface area (Å²) < 4.78 is 6.84. The minimum absolute atomic E-state index is 0.483. The zero-order valence-corrected chi connectivity index (χ0v) is 13.3. The Morgan fingerprint density at radius 2 is 2.00 bits per heavy atom. The van der Waals surface area contributed by atoms with E-state index in [1.165, 1.54) is 11.8 Å². The van der Waals surface area contributed by atoms with E-state index in [4.69, 9.17) is 16.3 Å². The number of benzene rings is 1. The third kappa shape index (κ3) is 3.37. The molecule has 2 aromatic heterocycles. The van der Waals surface area contributed by atoms with E-state index in [1.54, 1.807) is 24.1 Å². The second-order valence-electron chi connectivity index (χ2n) is 4.35. The van der Waals surface area contributed by atoms with Crippen molar-refractivity contribution in [2.75, 3.05) is 7.11 Å². The number of ether oxygens (including phenoxy) is 1. The molecule has 3 aromatic rings. The summed E-state index contributed by atoms with van der Waals surface area (Å²) >= 11 is 7.31. The maximum absolute atomic E-state index is 5.78. The fourth-order valence-corrected chi connectivity index (χ4v) is 2.73. The van der Waals surface area contributed by atoms with Gasteiger partial charge in [0.05, 0.1) is 12.8 Å². The number of thioether (sulfide) groups is 1. The van der Waals surface area contributed by atoms with Crippen LogP contribution in [0.1, 0.15) is 5.56 Å². The van der Waals surface area contributed by atoms with Gasteiger partial charge in [-0.05, 0) is 46.3 Å². The molecule has 112 valence electrons. The Labute approximate surface area is 136 Å². The van der Waals surface area contributed by atoms with Gasteiger partial charge in [0.25, 0.3) is 0 Å². The summed E-state index contributed by atoms with van der Waals surface area (Å²) in [4.78, 5) is 4.06. The molecule has 0 aliphatic rings. The quantitative estimate of drug-likeness (QED) is 0.528. The molecule has 0 amide bonds. The smallest absolute Gasteiger partial charge is 0.214 e. The van der Waals surface area contributed by atoms with E-state index < -0.39 is 0 Å². The van der Waals surface area contributed by atoms with Crippen LogP contribution in [0.15, 0.2) is 47.8 Å². The molecule has 3 rings (SSSR count). The van der Waals surface area contributed by atoms with Crippen molar-refractivity contribution in [2.45, 2.75) is 10.9 Å². The molecule has 0 atom stereocenters. The van der Waals surface area contributed by atoms with Crippen molar-refractivity contribution < 1.29 is 4.74 Å². The Morgan fingerprint density at radius 1 is 1.18 bits per heavy atom. The first-order valence-electron chi connectivity index (χ1n) is 6.42. The van der Waals surface area contributed by atoms with Gasteiger partial charge in [-0.3, -0.25) is 0 Å². The van der Waals surface area contributed by atoms with Gasteiger partial charge in [0.1, 0.15) is 10.9 Å². The summed E-state index contributed by atoms with van der Waals surface area (Å²) in [7, 11) is 1.63. The van der Waals surface area contributed by atoms with Crippen LogP contribution in [0.2, 0.25) is 5.15 Å². The number of rotatable bonds is 5. The number of halogens is 1. The Morgan fingerprint density at radius 3 is 2.68 bits per heavy atom. The van der Waals surface area contributed by atoms with Crippen molar-refractivity contribution in [1.82, 2.24) is 25.2 Å². The zero-order valence-electron chi connectivity index (χ0n) is 11.7. The summed E-state index contributed by atoms with van der Waals surface area (Å²) in [5.41, 5.74) is 1.93. The zero-order chi connectivity index (χ0) is 15.4. The van der Waals surface area contributed by atoms with Crippen molar-refractivity contribution in [1.29, 1.82) is 0 Å². The number of pyridine rings is 1. The SMILES string of the molecule is COc1ccc(-n2nnnc2SCc2ccc(Cl)nc2)cc1. The summed E-state index contributed by atoms with van der Waals surface area (Å²) in [5, 5.41) is 13.0. The van der Waals surface area contributed by atoms with Gasteiger partial charge in [-0.1, -0.05) is 29.4 Å². The number of methoxy groups -OCH3 is 1. The maximum Gasteiger partial charge on any atom is 0.214 e. The fourth-order valence-electron chi connectivity index (χ4n) is 1.79. The molecule has 0 saturated carbocycles. The van der Waals surface area contributed by atoms with Gasteiger partial charge < -0.3 is 4.74 Å². The molecular weight excluding hydrogens is 322 g/mol. The molecule has 8 heteroatoms. The van der Waals surface area contributed by atoms with Crippen LogP contribution in [0.5, 0.6) is 5.75 Å². The van der Waals surface area contributed by atoms with Gasteiger partial charge in [-0.25, -0.2) is 4.98 Å². The topological polar surface area (TPSA) is 65.7 Å². The average molecular weight is 334 g/mol. The van der Waals surface area contributed by atoms with Gasteiger partial charge in [0.15, 0.2) is 0 Å². The summed E-state index contributed by atoms with van der Waals surface area (Å²) in [6.45, 7) is 0. The molecule has 1 aromatic carbocycles. The molecule has 0 radical (unpaired) electrons. The highest BCUT2D eigenvalue weighted by Gasteiger charge is 2.09. The summed E-state index contributed by atoms with van der Waals surface area (Å²) in [6, 6.07) is 11.3. The Bertz CT molecular complexity index is 745. The highest BCUT2D eigenvalue weighted by atomic mass is 35.5. The highest BCUT2D eigenvalue weighted by Crippen LogP contribution is 2.23. The largest absolute Gasteiger partial charge is 0.497 e. The Kier molecular flexibility index (Phi) is 4.55. The van der Waals surface area contributed by atoms with Gasteiger partial charge in [-0.2, -0.15) is 4.68 Å². The lowest BCUT2D eigenvalue weighted by molar-refractivity contribution is 0.414. The first-order valence-corrected chi connectivity index (χ1v) is 7.78. The molecule has 0 bridgehead atoms. The van der Waals surface area contributed by atoms with E-state index >= 15 is 0 Å². The van der Waals surface area contributed by atoms with Gasteiger partial charge in [0.2, 0.25) is 5.16 Å². The standard InChI is InChI=1S/C14H12ClN5OS/c1-21-12-5-3-11(4-6-12)20-14(17-18-19-20)22-9-10-2-7-13(15)16-8-10/h2-8H,9H2,1H3. The van der Waals surface area contributed by atoms with Crippen LogP contribution in [-0.4, -0.2) is 32.3 Å². The van der Waals surface area contributed by atoms with E-state index in [-0.39, 0.29) is 0 Å². The third-order valence-corrected chi connectivity index (χ3v) is 4.13. The van der Waals surface area contributed by atoms with Crippen molar-refractivity contribution in [3.05, 3.63) is 53.3 Å². The van der Waals surface area contributed by atoms with Crippen LogP contribution >= 0.6 is 23.4 Å². The van der Waals surface area contributed by atoms with E-state index in [2.05, 4.69) is 20.5 Å². The first kappa shape index (κ1) is 14.8. The van der Waals surface area contributed by atoms with Crippen LogP contribution in [0.4, 0.5) is 0 Å². The molecule has 22 heavy (non-hydrogen) atoms. The predicted octanol–water partition coefficient (Wildman–Crippen LogP) is 3.01. The molecule has 0 spiro atoms. The lowest BCUT2D eigenvalue weighted by Crippen LogP contribution is -1.99. The first-order chi connectivity index (χ1) is 10.8. The second-order valence-corrected chi connectivity index (χ2v) is 5.68. The minimum atomic E-state index is 0.483. The molecule has 0 N–H and O–H groups in total.